The summed E-state index contributed by atoms with van der Waals surface area (Å²) in [7, 11) is 1.81. The molecular formula is C20H29N5OS. The summed E-state index contributed by atoms with van der Waals surface area (Å²) in [6.45, 7) is 6.46. The van der Waals surface area contributed by atoms with E-state index >= 15 is 0 Å². The van der Waals surface area contributed by atoms with Gasteiger partial charge in [0.05, 0.1) is 18.8 Å². The van der Waals surface area contributed by atoms with Crippen molar-refractivity contribution in [1.82, 2.24) is 20.5 Å². The molecule has 6 nitrogen and oxygen atoms in total. The van der Waals surface area contributed by atoms with Crippen LogP contribution in [0.15, 0.2) is 46.9 Å². The number of hydrogen-bond donors (Lipinski definition) is 2. The molecule has 0 radical (unpaired) electrons. The number of morpholine rings is 1. The average Bonchev–Trinajstić information content (AvgIpc) is 3.22. The van der Waals surface area contributed by atoms with Gasteiger partial charge in [-0.1, -0.05) is 12.1 Å². The zero-order valence-electron chi connectivity index (χ0n) is 16.1. The minimum absolute atomic E-state index is 0.275. The minimum Gasteiger partial charge on any atom is -0.376 e. The van der Waals surface area contributed by atoms with Crippen molar-refractivity contribution >= 4 is 17.3 Å². The summed E-state index contributed by atoms with van der Waals surface area (Å²) < 4.78 is 5.72. The first-order valence-electron chi connectivity index (χ1n) is 9.49. The number of thiophene rings is 1. The van der Waals surface area contributed by atoms with E-state index in [-0.39, 0.29) is 6.10 Å². The summed E-state index contributed by atoms with van der Waals surface area (Å²) in [5.41, 5.74) is 1.08. The number of guanidine groups is 1. The summed E-state index contributed by atoms with van der Waals surface area (Å²) in [5, 5.41) is 9.03. The van der Waals surface area contributed by atoms with E-state index in [4.69, 9.17) is 4.74 Å². The highest BCUT2D eigenvalue weighted by atomic mass is 32.1. The van der Waals surface area contributed by atoms with Crippen molar-refractivity contribution in [3.63, 3.8) is 0 Å². The first-order chi connectivity index (χ1) is 13.3. The monoisotopic (exact) mass is 387 g/mol. The minimum atomic E-state index is 0.275. The Kier molecular flexibility index (Phi) is 7.62. The Labute approximate surface area is 165 Å². The molecule has 0 saturated carbocycles. The van der Waals surface area contributed by atoms with Crippen LogP contribution in [0.3, 0.4) is 0 Å². The Hall–Kier alpha value is -1.96. The Morgan fingerprint density at radius 3 is 3.00 bits per heavy atom. The van der Waals surface area contributed by atoms with E-state index in [2.05, 4.69) is 49.9 Å². The molecule has 0 spiro atoms. The molecule has 0 aliphatic carbocycles. The van der Waals surface area contributed by atoms with Gasteiger partial charge in [-0.25, -0.2) is 0 Å². The molecule has 0 amide bonds. The maximum Gasteiger partial charge on any atom is 0.191 e. The molecule has 1 aliphatic rings. The molecule has 1 fully saturated rings. The Morgan fingerprint density at radius 1 is 1.37 bits per heavy atom. The SMILES string of the molecule is CN=C(NCCc1ccccn1)NCC(c1cccs1)N1CCOC(C)C1. The van der Waals surface area contributed by atoms with Crippen LogP contribution >= 0.6 is 11.3 Å². The van der Waals surface area contributed by atoms with Crippen LogP contribution in [0, 0.1) is 0 Å². The third kappa shape index (κ3) is 6.02. The molecule has 2 aromatic heterocycles. The van der Waals surface area contributed by atoms with Gasteiger partial charge in [-0.15, -0.1) is 11.3 Å². The predicted molar refractivity (Wildman–Crippen MR) is 111 cm³/mol. The van der Waals surface area contributed by atoms with Crippen molar-refractivity contribution in [3.8, 4) is 0 Å². The Bertz CT molecular complexity index is 692. The van der Waals surface area contributed by atoms with Gasteiger partial charge in [0.1, 0.15) is 0 Å². The molecule has 0 bridgehead atoms. The van der Waals surface area contributed by atoms with Crippen LogP contribution in [-0.2, 0) is 11.2 Å². The number of pyridine rings is 1. The van der Waals surface area contributed by atoms with Gasteiger partial charge in [-0.05, 0) is 30.5 Å². The molecule has 2 unspecified atom stereocenters. The van der Waals surface area contributed by atoms with E-state index < -0.39 is 0 Å². The quantitative estimate of drug-likeness (QED) is 0.564. The van der Waals surface area contributed by atoms with Crippen molar-refractivity contribution in [1.29, 1.82) is 0 Å². The molecule has 2 aromatic rings. The molecule has 2 atom stereocenters. The fourth-order valence-corrected chi connectivity index (χ4v) is 4.15. The van der Waals surface area contributed by atoms with Crippen LogP contribution in [0.5, 0.6) is 0 Å². The summed E-state index contributed by atoms with van der Waals surface area (Å²) in [6.07, 6.45) is 2.98. The van der Waals surface area contributed by atoms with Crippen molar-refractivity contribution in [2.24, 2.45) is 4.99 Å². The molecule has 2 N–H and O–H groups in total. The Morgan fingerprint density at radius 2 is 2.30 bits per heavy atom. The zero-order chi connectivity index (χ0) is 18.9. The van der Waals surface area contributed by atoms with Crippen molar-refractivity contribution < 1.29 is 4.74 Å². The number of nitrogens with one attached hydrogen (secondary N) is 2. The fraction of sp³-hybridized carbons (Fsp3) is 0.500. The normalized spacial score (nSPS) is 19.6. The molecule has 3 heterocycles. The number of nitrogens with zero attached hydrogens (tertiary/aromatic N) is 3. The summed E-state index contributed by atoms with van der Waals surface area (Å²) in [4.78, 5) is 12.6. The second kappa shape index (κ2) is 10.4. The molecular weight excluding hydrogens is 358 g/mol. The zero-order valence-corrected chi connectivity index (χ0v) is 16.9. The number of rotatable bonds is 7. The van der Waals surface area contributed by atoms with Crippen molar-refractivity contribution in [3.05, 3.63) is 52.5 Å². The summed E-state index contributed by atoms with van der Waals surface area (Å²) >= 11 is 1.81. The lowest BCUT2D eigenvalue weighted by atomic mass is 10.1. The average molecular weight is 388 g/mol. The van der Waals surface area contributed by atoms with Gasteiger partial charge in [0.25, 0.3) is 0 Å². The smallest absolute Gasteiger partial charge is 0.191 e. The largest absolute Gasteiger partial charge is 0.376 e. The second-order valence-corrected chi connectivity index (χ2v) is 7.64. The molecule has 1 aliphatic heterocycles. The highest BCUT2D eigenvalue weighted by Gasteiger charge is 2.26. The van der Waals surface area contributed by atoms with Crippen LogP contribution in [-0.4, -0.2) is 61.8 Å². The maximum atomic E-state index is 5.72. The second-order valence-electron chi connectivity index (χ2n) is 6.66. The third-order valence-corrected chi connectivity index (χ3v) is 5.64. The standard InChI is InChI=1S/C20H29N5OS/c1-16-15-25(11-12-26-16)18(19-7-5-13-27-19)14-24-20(21-2)23-10-8-17-6-3-4-9-22-17/h3-7,9,13,16,18H,8,10-12,14-15H2,1-2H3,(H2,21,23,24). The lowest BCUT2D eigenvalue weighted by Crippen LogP contribution is -2.48. The number of ether oxygens (including phenoxy) is 1. The molecule has 146 valence electrons. The first kappa shape index (κ1) is 19.8. The highest BCUT2D eigenvalue weighted by molar-refractivity contribution is 7.10. The van der Waals surface area contributed by atoms with Gasteiger partial charge in [0.2, 0.25) is 0 Å². The van der Waals surface area contributed by atoms with Crippen LogP contribution in [0.2, 0.25) is 0 Å². The van der Waals surface area contributed by atoms with Crippen LogP contribution in [0.4, 0.5) is 0 Å². The van der Waals surface area contributed by atoms with Crippen LogP contribution in [0.25, 0.3) is 0 Å². The van der Waals surface area contributed by atoms with Gasteiger partial charge >= 0.3 is 0 Å². The van der Waals surface area contributed by atoms with Crippen molar-refractivity contribution in [2.75, 3.05) is 39.8 Å². The van der Waals surface area contributed by atoms with Crippen LogP contribution in [0.1, 0.15) is 23.5 Å². The van der Waals surface area contributed by atoms with Gasteiger partial charge < -0.3 is 15.4 Å². The first-order valence-corrected chi connectivity index (χ1v) is 10.4. The van der Waals surface area contributed by atoms with E-state index in [1.165, 1.54) is 4.88 Å². The van der Waals surface area contributed by atoms with E-state index in [0.29, 0.717) is 6.04 Å². The molecule has 27 heavy (non-hydrogen) atoms. The maximum absolute atomic E-state index is 5.72. The molecule has 3 rings (SSSR count). The van der Waals surface area contributed by atoms with Crippen LogP contribution < -0.4 is 10.6 Å². The van der Waals surface area contributed by atoms with E-state index in [9.17, 15) is 0 Å². The fourth-order valence-electron chi connectivity index (χ4n) is 3.29. The Balaban J connectivity index is 1.53. The number of aromatic nitrogens is 1. The van der Waals surface area contributed by atoms with E-state index in [0.717, 1.165) is 50.9 Å². The lowest BCUT2D eigenvalue weighted by Gasteiger charge is -2.37. The van der Waals surface area contributed by atoms with Gasteiger partial charge in [-0.3, -0.25) is 14.9 Å². The van der Waals surface area contributed by atoms with E-state index in [1.54, 1.807) is 0 Å². The lowest BCUT2D eigenvalue weighted by molar-refractivity contribution is -0.0334. The van der Waals surface area contributed by atoms with Gasteiger partial charge in [-0.2, -0.15) is 0 Å². The highest BCUT2D eigenvalue weighted by Crippen LogP contribution is 2.26. The summed E-state index contributed by atoms with van der Waals surface area (Å²) in [6, 6.07) is 10.7. The van der Waals surface area contributed by atoms with Gasteiger partial charge in [0, 0.05) is 56.4 Å². The molecule has 0 aromatic carbocycles. The third-order valence-electron chi connectivity index (χ3n) is 4.67. The number of hydrogen-bond acceptors (Lipinski definition) is 5. The summed E-state index contributed by atoms with van der Waals surface area (Å²) in [5.74, 6) is 0.828. The topological polar surface area (TPSA) is 61.8 Å². The molecule has 1 saturated heterocycles. The molecule has 7 heteroatoms. The predicted octanol–water partition coefficient (Wildman–Crippen LogP) is 2.31. The van der Waals surface area contributed by atoms with E-state index in [1.807, 2.05) is 42.8 Å². The number of aliphatic imine (C=N–C) groups is 1. The van der Waals surface area contributed by atoms with Gasteiger partial charge in [0.15, 0.2) is 5.96 Å². The van der Waals surface area contributed by atoms with Crippen molar-refractivity contribution in [2.45, 2.75) is 25.5 Å².